The van der Waals surface area contributed by atoms with Crippen molar-refractivity contribution in [1.29, 1.82) is 5.26 Å². The second-order valence-electron chi connectivity index (χ2n) is 5.62. The minimum absolute atomic E-state index is 0.178. The first kappa shape index (κ1) is 16.3. The molecule has 0 amide bonds. The number of hydrogen-bond acceptors (Lipinski definition) is 4. The van der Waals surface area contributed by atoms with Gasteiger partial charge in [-0.15, -0.1) is 10.2 Å². The number of aromatic nitrogens is 3. The first-order chi connectivity index (χ1) is 11.7. The standard InChI is InChI=1S/C19H18N4S/c1-14-7-6-10-17(11-14)23-18(12-16-8-4-3-5-9-16)21-22-19(23)24-15(2)13-20/h3-11,15H,12H2,1-2H3. The van der Waals surface area contributed by atoms with Crippen molar-refractivity contribution in [2.75, 3.05) is 0 Å². The molecule has 4 nitrogen and oxygen atoms in total. The fourth-order valence-electron chi connectivity index (χ4n) is 2.48. The summed E-state index contributed by atoms with van der Waals surface area (Å²) in [6.45, 7) is 3.94. The molecule has 1 heterocycles. The molecule has 1 aromatic heterocycles. The lowest BCUT2D eigenvalue weighted by Crippen LogP contribution is -2.05. The molecule has 1 unspecified atom stereocenters. The molecule has 0 aliphatic rings. The van der Waals surface area contributed by atoms with E-state index in [1.54, 1.807) is 0 Å². The SMILES string of the molecule is Cc1cccc(-n2c(Cc3ccccc3)nnc2SC(C)C#N)c1. The van der Waals surface area contributed by atoms with E-state index < -0.39 is 0 Å². The van der Waals surface area contributed by atoms with Gasteiger partial charge in [0, 0.05) is 12.1 Å². The third-order valence-electron chi connectivity index (χ3n) is 3.63. The molecular formula is C19H18N4S. The maximum Gasteiger partial charge on any atom is 0.197 e. The number of rotatable bonds is 5. The predicted molar refractivity (Wildman–Crippen MR) is 96.3 cm³/mol. The van der Waals surface area contributed by atoms with Crippen LogP contribution in [0.1, 0.15) is 23.9 Å². The molecule has 0 aliphatic carbocycles. The van der Waals surface area contributed by atoms with Gasteiger partial charge in [-0.25, -0.2) is 0 Å². The van der Waals surface area contributed by atoms with Crippen molar-refractivity contribution in [3.8, 4) is 11.8 Å². The van der Waals surface area contributed by atoms with Gasteiger partial charge in [-0.1, -0.05) is 54.2 Å². The molecule has 120 valence electrons. The Morgan fingerprint density at radius 1 is 1.12 bits per heavy atom. The number of aryl methyl sites for hydroxylation is 1. The topological polar surface area (TPSA) is 54.5 Å². The fourth-order valence-corrected chi connectivity index (χ4v) is 3.25. The van der Waals surface area contributed by atoms with Gasteiger partial charge in [0.1, 0.15) is 5.82 Å². The summed E-state index contributed by atoms with van der Waals surface area (Å²) in [5, 5.41) is 18.4. The summed E-state index contributed by atoms with van der Waals surface area (Å²) < 4.78 is 2.05. The Morgan fingerprint density at radius 2 is 1.92 bits per heavy atom. The molecule has 0 saturated heterocycles. The third-order valence-corrected chi connectivity index (χ3v) is 4.56. The van der Waals surface area contributed by atoms with Gasteiger partial charge in [-0.2, -0.15) is 5.26 Å². The average molecular weight is 334 g/mol. The Kier molecular flexibility index (Phi) is 4.97. The molecule has 3 aromatic rings. The highest BCUT2D eigenvalue weighted by Gasteiger charge is 2.17. The molecule has 0 aliphatic heterocycles. The number of benzene rings is 2. The molecule has 2 aromatic carbocycles. The number of thioether (sulfide) groups is 1. The van der Waals surface area contributed by atoms with E-state index in [1.807, 2.05) is 37.3 Å². The zero-order valence-electron chi connectivity index (χ0n) is 13.7. The molecular weight excluding hydrogens is 316 g/mol. The lowest BCUT2D eigenvalue weighted by Gasteiger charge is -2.11. The van der Waals surface area contributed by atoms with E-state index in [0.29, 0.717) is 6.42 Å². The van der Waals surface area contributed by atoms with Gasteiger partial charge in [0.15, 0.2) is 5.16 Å². The Hall–Kier alpha value is -2.58. The molecule has 24 heavy (non-hydrogen) atoms. The lowest BCUT2D eigenvalue weighted by atomic mass is 10.1. The molecule has 3 rings (SSSR count). The van der Waals surface area contributed by atoms with Crippen molar-refractivity contribution in [1.82, 2.24) is 14.8 Å². The lowest BCUT2D eigenvalue weighted by molar-refractivity contribution is 0.845. The highest BCUT2D eigenvalue weighted by Crippen LogP contribution is 2.26. The molecule has 0 radical (unpaired) electrons. The number of nitrogens with zero attached hydrogens (tertiary/aromatic N) is 4. The summed E-state index contributed by atoms with van der Waals surface area (Å²) in [6, 6.07) is 20.7. The van der Waals surface area contributed by atoms with E-state index in [1.165, 1.54) is 22.9 Å². The van der Waals surface area contributed by atoms with Crippen molar-refractivity contribution in [3.05, 3.63) is 71.5 Å². The summed E-state index contributed by atoms with van der Waals surface area (Å²) in [4.78, 5) is 0. The molecule has 0 spiro atoms. The van der Waals surface area contributed by atoms with Crippen LogP contribution in [0.4, 0.5) is 0 Å². The second kappa shape index (κ2) is 7.33. The molecule has 0 fully saturated rings. The van der Waals surface area contributed by atoms with E-state index in [9.17, 15) is 0 Å². The van der Waals surface area contributed by atoms with Crippen LogP contribution in [-0.2, 0) is 6.42 Å². The summed E-state index contributed by atoms with van der Waals surface area (Å²) in [6.07, 6.45) is 0.698. The minimum atomic E-state index is -0.178. The van der Waals surface area contributed by atoms with Crippen molar-refractivity contribution in [2.24, 2.45) is 0 Å². The Bertz CT molecular complexity index is 865. The average Bonchev–Trinajstić information content (AvgIpc) is 2.98. The Balaban J connectivity index is 2.04. The summed E-state index contributed by atoms with van der Waals surface area (Å²) in [5.74, 6) is 0.874. The fraction of sp³-hybridized carbons (Fsp3) is 0.211. The Morgan fingerprint density at radius 3 is 2.62 bits per heavy atom. The van der Waals surface area contributed by atoms with Gasteiger partial charge in [-0.05, 0) is 37.1 Å². The van der Waals surface area contributed by atoms with E-state index in [2.05, 4.69) is 52.0 Å². The monoisotopic (exact) mass is 334 g/mol. The van der Waals surface area contributed by atoms with Crippen LogP contribution in [0, 0.1) is 18.3 Å². The van der Waals surface area contributed by atoms with Gasteiger partial charge in [0.25, 0.3) is 0 Å². The van der Waals surface area contributed by atoms with Crippen molar-refractivity contribution < 1.29 is 0 Å². The minimum Gasteiger partial charge on any atom is -0.274 e. The maximum atomic E-state index is 9.12. The van der Waals surface area contributed by atoms with Gasteiger partial charge >= 0.3 is 0 Å². The summed E-state index contributed by atoms with van der Waals surface area (Å²) >= 11 is 1.43. The van der Waals surface area contributed by atoms with Crippen LogP contribution in [0.25, 0.3) is 5.69 Å². The smallest absolute Gasteiger partial charge is 0.197 e. The normalized spacial score (nSPS) is 11.9. The van der Waals surface area contributed by atoms with Crippen molar-refractivity contribution >= 4 is 11.8 Å². The molecule has 1 atom stereocenters. The summed E-state index contributed by atoms with van der Waals surface area (Å²) in [5.41, 5.74) is 3.39. The van der Waals surface area contributed by atoms with Crippen LogP contribution >= 0.6 is 11.8 Å². The van der Waals surface area contributed by atoms with Crippen LogP contribution in [0.15, 0.2) is 59.8 Å². The molecule has 5 heteroatoms. The first-order valence-corrected chi connectivity index (χ1v) is 8.67. The van der Waals surface area contributed by atoms with Gasteiger partial charge in [0.05, 0.1) is 11.3 Å². The van der Waals surface area contributed by atoms with E-state index >= 15 is 0 Å². The highest BCUT2D eigenvalue weighted by atomic mass is 32.2. The zero-order valence-corrected chi connectivity index (χ0v) is 14.5. The molecule has 0 N–H and O–H groups in total. The van der Waals surface area contributed by atoms with Crippen LogP contribution < -0.4 is 0 Å². The van der Waals surface area contributed by atoms with E-state index in [4.69, 9.17) is 5.26 Å². The van der Waals surface area contributed by atoms with Gasteiger partial charge in [-0.3, -0.25) is 4.57 Å². The quantitative estimate of drug-likeness (QED) is 0.657. The number of hydrogen-bond donors (Lipinski definition) is 0. The zero-order chi connectivity index (χ0) is 16.9. The third kappa shape index (κ3) is 3.66. The van der Waals surface area contributed by atoms with Crippen LogP contribution in [0.5, 0.6) is 0 Å². The van der Waals surface area contributed by atoms with Gasteiger partial charge < -0.3 is 0 Å². The molecule has 0 saturated carbocycles. The Labute approximate surface area is 146 Å². The summed E-state index contributed by atoms with van der Waals surface area (Å²) in [7, 11) is 0. The highest BCUT2D eigenvalue weighted by molar-refractivity contribution is 8.00. The first-order valence-electron chi connectivity index (χ1n) is 7.79. The van der Waals surface area contributed by atoms with E-state index in [-0.39, 0.29) is 5.25 Å². The number of nitriles is 1. The second-order valence-corrected chi connectivity index (χ2v) is 6.93. The van der Waals surface area contributed by atoms with Crippen LogP contribution in [0.2, 0.25) is 0 Å². The van der Waals surface area contributed by atoms with Crippen molar-refractivity contribution in [2.45, 2.75) is 30.7 Å². The molecule has 0 bridgehead atoms. The van der Waals surface area contributed by atoms with E-state index in [0.717, 1.165) is 16.7 Å². The van der Waals surface area contributed by atoms with Crippen LogP contribution in [-0.4, -0.2) is 20.0 Å². The largest absolute Gasteiger partial charge is 0.274 e. The maximum absolute atomic E-state index is 9.12. The van der Waals surface area contributed by atoms with Crippen LogP contribution in [0.3, 0.4) is 0 Å². The van der Waals surface area contributed by atoms with Crippen molar-refractivity contribution in [3.63, 3.8) is 0 Å². The predicted octanol–water partition coefficient (Wildman–Crippen LogP) is 4.17. The van der Waals surface area contributed by atoms with Gasteiger partial charge in [0.2, 0.25) is 0 Å².